The zero-order valence-corrected chi connectivity index (χ0v) is 8.07. The first kappa shape index (κ1) is 15.7. The molecule has 0 aromatic rings. The molecule has 0 spiro atoms. The molecule has 0 rings (SSSR count). The molecule has 0 aromatic heterocycles. The molecule has 1 N–H and O–H groups in total. The second-order valence-corrected chi connectivity index (χ2v) is 0.957. The van der Waals surface area contributed by atoms with Crippen molar-refractivity contribution in [2.24, 2.45) is 0 Å². The van der Waals surface area contributed by atoms with E-state index in [1.165, 1.54) is 0 Å². The van der Waals surface area contributed by atoms with E-state index in [1.54, 1.807) is 0 Å². The monoisotopic (exact) mass is 223 g/mol. The SMILES string of the molecule is CCNCC.[Ru].[Ti]. The topological polar surface area (TPSA) is 12.0 Å². The van der Waals surface area contributed by atoms with Crippen molar-refractivity contribution in [2.45, 2.75) is 13.8 Å². The molecule has 0 unspecified atom stereocenters. The Balaban J connectivity index is -0.0000000800. The van der Waals surface area contributed by atoms with Crippen molar-refractivity contribution in [1.29, 1.82) is 0 Å². The van der Waals surface area contributed by atoms with E-state index in [0.717, 1.165) is 13.1 Å². The van der Waals surface area contributed by atoms with Crippen LogP contribution in [0.5, 0.6) is 0 Å². The van der Waals surface area contributed by atoms with Crippen molar-refractivity contribution in [2.75, 3.05) is 13.1 Å². The Bertz CT molecular complexity index is 19.2. The van der Waals surface area contributed by atoms with Gasteiger partial charge in [-0.1, -0.05) is 13.8 Å². The molecular formula is C4H11NRuTi. The van der Waals surface area contributed by atoms with Crippen LogP contribution in [0.4, 0.5) is 0 Å². The molecule has 1 nitrogen and oxygen atoms in total. The summed E-state index contributed by atoms with van der Waals surface area (Å²) in [7, 11) is 0. The van der Waals surface area contributed by atoms with Gasteiger partial charge >= 0.3 is 0 Å². The standard InChI is InChI=1S/C4H11N.Ru.Ti/c1-3-5-4-2;;/h5H,3-4H2,1-2H3;;. The molecule has 0 aromatic carbocycles. The van der Waals surface area contributed by atoms with Crippen molar-refractivity contribution in [1.82, 2.24) is 5.32 Å². The van der Waals surface area contributed by atoms with Crippen molar-refractivity contribution in [3.05, 3.63) is 0 Å². The average Bonchev–Trinajstić information content (AvgIpc) is 1.41. The predicted molar refractivity (Wildman–Crippen MR) is 24.2 cm³/mol. The molecular weight excluding hydrogens is 211 g/mol. The smallest absolute Gasteiger partial charge is 0 e. The van der Waals surface area contributed by atoms with Crippen molar-refractivity contribution in [3.8, 4) is 0 Å². The normalized spacial score (nSPS) is 6.00. The van der Waals surface area contributed by atoms with Crippen molar-refractivity contribution >= 4 is 0 Å². The largest absolute Gasteiger partial charge is 0.317 e. The third-order valence-electron chi connectivity index (χ3n) is 0.500. The number of hydrogen-bond acceptors (Lipinski definition) is 1. The van der Waals surface area contributed by atoms with Crippen LogP contribution >= 0.6 is 0 Å². The summed E-state index contributed by atoms with van der Waals surface area (Å²) in [6.07, 6.45) is 0. The summed E-state index contributed by atoms with van der Waals surface area (Å²) in [5.74, 6) is 0. The summed E-state index contributed by atoms with van der Waals surface area (Å²) < 4.78 is 0. The van der Waals surface area contributed by atoms with E-state index in [1.807, 2.05) is 0 Å². The van der Waals surface area contributed by atoms with E-state index in [0.29, 0.717) is 0 Å². The zero-order valence-electron chi connectivity index (χ0n) is 4.77. The molecule has 0 saturated heterocycles. The molecule has 44 valence electrons. The van der Waals surface area contributed by atoms with Gasteiger partial charge in [-0.25, -0.2) is 0 Å². The van der Waals surface area contributed by atoms with E-state index < -0.39 is 0 Å². The van der Waals surface area contributed by atoms with Gasteiger partial charge in [0.2, 0.25) is 0 Å². The molecule has 3 heteroatoms. The summed E-state index contributed by atoms with van der Waals surface area (Å²) in [4.78, 5) is 0. The van der Waals surface area contributed by atoms with Gasteiger partial charge in [-0.2, -0.15) is 0 Å². The second kappa shape index (κ2) is 15.7. The van der Waals surface area contributed by atoms with Gasteiger partial charge < -0.3 is 5.32 Å². The Kier molecular flexibility index (Phi) is 35.2. The van der Waals surface area contributed by atoms with Crippen molar-refractivity contribution in [3.63, 3.8) is 0 Å². The molecule has 0 bridgehead atoms. The second-order valence-electron chi connectivity index (χ2n) is 0.957. The maximum absolute atomic E-state index is 3.11. The van der Waals surface area contributed by atoms with Crippen LogP contribution in [0.25, 0.3) is 0 Å². The van der Waals surface area contributed by atoms with E-state index in [9.17, 15) is 0 Å². The Labute approximate surface area is 73.3 Å². The molecule has 0 aliphatic heterocycles. The molecule has 0 aliphatic carbocycles. The maximum Gasteiger partial charge on any atom is 0 e. The summed E-state index contributed by atoms with van der Waals surface area (Å²) in [5.41, 5.74) is 0. The van der Waals surface area contributed by atoms with Gasteiger partial charge in [-0.3, -0.25) is 0 Å². The number of nitrogens with one attached hydrogen (secondary N) is 1. The van der Waals surface area contributed by atoms with Crippen molar-refractivity contribution < 1.29 is 41.2 Å². The Hall–Kier alpha value is 1.30. The molecule has 0 radical (unpaired) electrons. The number of rotatable bonds is 2. The van der Waals surface area contributed by atoms with Gasteiger partial charge in [0.05, 0.1) is 0 Å². The van der Waals surface area contributed by atoms with Crippen LogP contribution in [0.15, 0.2) is 0 Å². The minimum absolute atomic E-state index is 0. The van der Waals surface area contributed by atoms with E-state index in [2.05, 4.69) is 19.2 Å². The fourth-order valence-corrected chi connectivity index (χ4v) is 0.250. The molecule has 0 amide bonds. The first-order chi connectivity index (χ1) is 2.41. The third-order valence-corrected chi connectivity index (χ3v) is 0.500. The maximum atomic E-state index is 3.11. The van der Waals surface area contributed by atoms with Gasteiger partial charge in [-0.05, 0) is 13.1 Å². The minimum atomic E-state index is 0. The van der Waals surface area contributed by atoms with Crippen LogP contribution < -0.4 is 5.32 Å². The van der Waals surface area contributed by atoms with Gasteiger partial charge in [0.15, 0.2) is 0 Å². The first-order valence-electron chi connectivity index (χ1n) is 2.12. The van der Waals surface area contributed by atoms with Gasteiger partial charge in [-0.15, -0.1) is 0 Å². The Morgan fingerprint density at radius 3 is 1.43 bits per heavy atom. The molecule has 0 saturated carbocycles. The van der Waals surface area contributed by atoms with E-state index >= 15 is 0 Å². The summed E-state index contributed by atoms with van der Waals surface area (Å²) in [5, 5.41) is 3.11. The molecule has 0 heterocycles. The van der Waals surface area contributed by atoms with Gasteiger partial charge in [0.25, 0.3) is 0 Å². The summed E-state index contributed by atoms with van der Waals surface area (Å²) >= 11 is 0. The Morgan fingerprint density at radius 2 is 1.43 bits per heavy atom. The number of hydrogen-bond donors (Lipinski definition) is 1. The Morgan fingerprint density at radius 1 is 1.14 bits per heavy atom. The summed E-state index contributed by atoms with van der Waals surface area (Å²) in [6.45, 7) is 6.39. The minimum Gasteiger partial charge on any atom is -0.317 e. The molecule has 0 aliphatic rings. The van der Waals surface area contributed by atoms with E-state index in [-0.39, 0.29) is 41.2 Å². The zero-order chi connectivity index (χ0) is 4.12. The van der Waals surface area contributed by atoms with Crippen LogP contribution in [0.2, 0.25) is 0 Å². The van der Waals surface area contributed by atoms with Gasteiger partial charge in [0, 0.05) is 41.2 Å². The fraction of sp³-hybridized carbons (Fsp3) is 1.00. The molecule has 0 atom stereocenters. The van der Waals surface area contributed by atoms with Gasteiger partial charge in [0.1, 0.15) is 0 Å². The van der Waals surface area contributed by atoms with Crippen LogP contribution in [-0.4, -0.2) is 13.1 Å². The fourth-order valence-electron chi connectivity index (χ4n) is 0.250. The first-order valence-corrected chi connectivity index (χ1v) is 2.12. The van der Waals surface area contributed by atoms with Crippen LogP contribution in [0.3, 0.4) is 0 Å². The molecule has 7 heavy (non-hydrogen) atoms. The average molecular weight is 222 g/mol. The van der Waals surface area contributed by atoms with Crippen LogP contribution in [-0.2, 0) is 41.2 Å². The van der Waals surface area contributed by atoms with Crippen LogP contribution in [0, 0.1) is 0 Å². The van der Waals surface area contributed by atoms with E-state index in [4.69, 9.17) is 0 Å². The summed E-state index contributed by atoms with van der Waals surface area (Å²) in [6, 6.07) is 0. The third kappa shape index (κ3) is 18.8. The molecule has 0 fully saturated rings. The predicted octanol–water partition coefficient (Wildman–Crippen LogP) is 0.611. The quantitative estimate of drug-likeness (QED) is 0.675. The van der Waals surface area contributed by atoms with Crippen LogP contribution in [0.1, 0.15) is 13.8 Å².